The van der Waals surface area contributed by atoms with Crippen LogP contribution in [0.3, 0.4) is 0 Å². The number of hydrogen-bond acceptors (Lipinski definition) is 0. The van der Waals surface area contributed by atoms with Gasteiger partial charge >= 0.3 is 0 Å². The van der Waals surface area contributed by atoms with Gasteiger partial charge in [-0.3, -0.25) is 0 Å². The van der Waals surface area contributed by atoms with Crippen molar-refractivity contribution >= 4 is 0 Å². The van der Waals surface area contributed by atoms with Gasteiger partial charge in [0.1, 0.15) is 0 Å². The van der Waals surface area contributed by atoms with Crippen molar-refractivity contribution in [2.45, 2.75) is 395 Å². The molecule has 3 aromatic rings. The van der Waals surface area contributed by atoms with Crippen molar-refractivity contribution in [1.82, 2.24) is 0 Å². The summed E-state index contributed by atoms with van der Waals surface area (Å²) in [6.45, 7) is 88.9. The quantitative estimate of drug-likeness (QED) is 0.229. The van der Waals surface area contributed by atoms with Crippen LogP contribution in [0.15, 0.2) is 169 Å². The molecule has 0 radical (unpaired) electrons. The highest BCUT2D eigenvalue weighted by molar-refractivity contribution is 5.54. The van der Waals surface area contributed by atoms with Crippen LogP contribution >= 0.6 is 0 Å². The van der Waals surface area contributed by atoms with Crippen molar-refractivity contribution in [3.63, 3.8) is 0 Å². The Morgan fingerprint density at radius 3 is 0.720 bits per heavy atom. The lowest BCUT2D eigenvalue weighted by Crippen LogP contribution is -2.46. The summed E-state index contributed by atoms with van der Waals surface area (Å²) in [5.74, 6) is 0. The zero-order valence-corrected chi connectivity index (χ0v) is 77.3. The first kappa shape index (κ1) is 86.8. The Bertz CT molecular complexity index is 3790. The zero-order valence-electron chi connectivity index (χ0n) is 77.3. The molecule has 15 rings (SSSR count). The van der Waals surface area contributed by atoms with E-state index in [1.54, 1.807) is 66.9 Å². The summed E-state index contributed by atoms with van der Waals surface area (Å²) in [7, 11) is 0. The molecule has 0 N–H and O–H groups in total. The predicted molar refractivity (Wildman–Crippen MR) is 472 cm³/mol. The number of rotatable bonds is 3. The topological polar surface area (TPSA) is 0 Å². The van der Waals surface area contributed by atoms with E-state index in [0.717, 1.165) is 6.42 Å². The zero-order chi connectivity index (χ0) is 80.6. The van der Waals surface area contributed by atoms with Crippen LogP contribution in [0, 0.1) is 86.6 Å². The van der Waals surface area contributed by atoms with Crippen molar-refractivity contribution in [2.75, 3.05) is 0 Å². The van der Waals surface area contributed by atoms with Gasteiger partial charge in [0.25, 0.3) is 0 Å². The van der Waals surface area contributed by atoms with Gasteiger partial charge in [-0.25, -0.2) is 0 Å². The van der Waals surface area contributed by atoms with E-state index in [0.29, 0.717) is 81.2 Å². The molecule has 0 nitrogen and oxygen atoms in total. The molecule has 3 aromatic carbocycles. The second-order valence-corrected chi connectivity index (χ2v) is 44.9. The standard InChI is InChI=1S/C21H24.C16H28.C16H22.C15H26.3C13H22/c1-16-17(2)21(15-20(16,3)4,18-11-7-5-8-12-18)19-13-9-6-10-14-19;1-12-13(2)15(5,6)16(14(12,3)4)10-8-7-9-11-16;1-12-13(2)16(5,11-15(12,3)4)14-9-7-6-8-10-14;1-11-12(2)14(5,6)15(13(11,3)4)9-7-8-10-15;1-9-10(2)13(7-8-13)12(5,6)11(9,3)4;1-9-10(2)12(5,6)13(7-8-13)11(9,3)4;1-10-11(2)13(7-5-6-8-13)9-12(10,3)4/h5-14H,15H2,1-4H3;7-11H2,1-6H3;6-10H,11H2,1-5H3;7-10H2,1-6H3;2*7-8H2,1-6H3;5-9H2,1-4H3. The van der Waals surface area contributed by atoms with Crippen LogP contribution < -0.4 is 0 Å². The Kier molecular flexibility index (Phi) is 23.3. The summed E-state index contributed by atoms with van der Waals surface area (Å²) in [5.41, 5.74) is 34.8. The summed E-state index contributed by atoms with van der Waals surface area (Å²) in [6, 6.07) is 32.9. The average molecular weight is 1450 g/mol. The maximum Gasteiger partial charge on any atom is 0.0419 e. The fraction of sp³-hybridized carbons (Fsp3) is 0.701. The molecule has 107 heavy (non-hydrogen) atoms. The molecule has 594 valence electrons. The molecule has 5 fully saturated rings. The lowest BCUT2D eigenvalue weighted by molar-refractivity contribution is -0.0196. The molecular weight excluding hydrogens is 1290 g/mol. The van der Waals surface area contributed by atoms with E-state index < -0.39 is 0 Å². The molecule has 0 bridgehead atoms. The van der Waals surface area contributed by atoms with Crippen LogP contribution in [0.25, 0.3) is 0 Å². The highest BCUT2D eigenvalue weighted by atomic mass is 14.7. The Labute approximate surface area is 663 Å². The van der Waals surface area contributed by atoms with Crippen LogP contribution in [-0.4, -0.2) is 0 Å². The van der Waals surface area contributed by atoms with Crippen LogP contribution in [-0.2, 0) is 10.8 Å². The third-order valence-corrected chi connectivity index (χ3v) is 38.9. The first-order valence-electron chi connectivity index (χ1n) is 43.9. The molecule has 0 aromatic heterocycles. The van der Waals surface area contributed by atoms with E-state index in [2.05, 4.69) is 347 Å². The molecule has 0 heterocycles. The van der Waals surface area contributed by atoms with Gasteiger partial charge in [0, 0.05) is 10.8 Å². The summed E-state index contributed by atoms with van der Waals surface area (Å²) in [6.07, 6.45) is 28.3. The second-order valence-electron chi connectivity index (χ2n) is 44.9. The van der Waals surface area contributed by atoms with Gasteiger partial charge < -0.3 is 0 Å². The van der Waals surface area contributed by atoms with Crippen molar-refractivity contribution in [1.29, 1.82) is 0 Å². The summed E-state index contributed by atoms with van der Waals surface area (Å²) in [5, 5.41) is 0. The largest absolute Gasteiger partial charge is 0.0682 e. The Morgan fingerprint density at radius 2 is 0.477 bits per heavy atom. The van der Waals surface area contributed by atoms with Gasteiger partial charge in [0.15, 0.2) is 0 Å². The Hall–Kier alpha value is -4.16. The molecular formula is C107H166. The first-order chi connectivity index (χ1) is 48.9. The lowest BCUT2D eigenvalue weighted by Gasteiger charge is -2.53. The van der Waals surface area contributed by atoms with E-state index in [1.165, 1.54) is 150 Å². The molecule has 0 heteroatoms. The minimum absolute atomic E-state index is 0.0239. The number of allylic oxidation sites excluding steroid dienone is 14. The predicted octanol–water partition coefficient (Wildman–Crippen LogP) is 33.4. The van der Waals surface area contributed by atoms with Crippen LogP contribution in [0.5, 0.6) is 0 Å². The highest BCUT2D eigenvalue weighted by Gasteiger charge is 2.69. The monoisotopic (exact) mass is 1450 g/mol. The van der Waals surface area contributed by atoms with Gasteiger partial charge in [-0.2, -0.15) is 0 Å². The van der Waals surface area contributed by atoms with Crippen LogP contribution in [0.1, 0.15) is 401 Å². The first-order valence-corrected chi connectivity index (χ1v) is 43.9. The highest BCUT2D eigenvalue weighted by Crippen LogP contribution is 2.78. The third kappa shape index (κ3) is 13.2. The summed E-state index contributed by atoms with van der Waals surface area (Å²) < 4.78 is 0. The maximum absolute atomic E-state index is 2.49. The minimum Gasteiger partial charge on any atom is -0.0682 e. The van der Waals surface area contributed by atoms with Gasteiger partial charge in [0.2, 0.25) is 0 Å². The van der Waals surface area contributed by atoms with E-state index in [9.17, 15) is 0 Å². The van der Waals surface area contributed by atoms with Crippen LogP contribution in [0.2, 0.25) is 0 Å². The maximum atomic E-state index is 2.49. The van der Waals surface area contributed by atoms with Gasteiger partial charge in [-0.05, 0) is 284 Å². The Morgan fingerprint density at radius 1 is 0.206 bits per heavy atom. The van der Waals surface area contributed by atoms with E-state index >= 15 is 0 Å². The number of benzene rings is 3. The molecule has 12 aliphatic rings. The molecule has 1 atom stereocenters. The molecule has 5 saturated carbocycles. The van der Waals surface area contributed by atoms with Gasteiger partial charge in [-0.1, -0.05) is 373 Å². The smallest absolute Gasteiger partial charge is 0.0419 e. The third-order valence-electron chi connectivity index (χ3n) is 38.9. The SMILES string of the molecule is CC1=C(C)C(C)(C)C2(CC2)C1(C)C.CC1=C(C)C(C)(C)C2(CCCC2)C1(C)C.CC1=C(C)C(C)(C)C2(CCCCC2)C1(C)C.CC1=C(C)C(C)(c2ccccc2)CC1(C)C.CC1=C(C)C(c2ccccc2)(c2ccccc2)CC1(C)C.CC1=C(C)C2(CC2)C(C)(C)C1(C)C.CC1=C(C)C2(CCCC2)CC1(C)C. The number of hydrogen-bond donors (Lipinski definition) is 0. The molecule has 12 aliphatic carbocycles. The summed E-state index contributed by atoms with van der Waals surface area (Å²) in [4.78, 5) is 0. The summed E-state index contributed by atoms with van der Waals surface area (Å²) >= 11 is 0. The fourth-order valence-electron chi connectivity index (χ4n) is 27.6. The van der Waals surface area contributed by atoms with Crippen molar-refractivity contribution < 1.29 is 0 Å². The Balaban J connectivity index is 0.000000145. The molecule has 1 unspecified atom stereocenters. The average Bonchev–Trinajstić information content (AvgIpc) is 1.52. The second kappa shape index (κ2) is 28.7. The van der Waals surface area contributed by atoms with Gasteiger partial charge in [-0.15, -0.1) is 0 Å². The molecule has 5 spiro atoms. The minimum atomic E-state index is 0.0239. The molecule has 0 aliphatic heterocycles. The van der Waals surface area contributed by atoms with E-state index in [4.69, 9.17) is 0 Å². The lowest BCUT2D eigenvalue weighted by atomic mass is 9.50. The normalized spacial score (nSPS) is 28.9. The van der Waals surface area contributed by atoms with E-state index in [1.807, 2.05) is 0 Å². The van der Waals surface area contributed by atoms with Crippen molar-refractivity contribution in [3.05, 3.63) is 186 Å². The van der Waals surface area contributed by atoms with Gasteiger partial charge in [0.05, 0.1) is 0 Å². The fourth-order valence-corrected chi connectivity index (χ4v) is 27.6. The van der Waals surface area contributed by atoms with E-state index in [-0.39, 0.29) is 16.2 Å². The molecule has 0 saturated heterocycles. The van der Waals surface area contributed by atoms with Crippen LogP contribution in [0.4, 0.5) is 0 Å². The molecule has 0 amide bonds. The van der Waals surface area contributed by atoms with Crippen molar-refractivity contribution in [3.8, 4) is 0 Å². The van der Waals surface area contributed by atoms with Crippen molar-refractivity contribution in [2.24, 2.45) is 86.6 Å².